The van der Waals surface area contributed by atoms with Gasteiger partial charge < -0.3 is 45.3 Å². The minimum absolute atomic E-state index is 0.0149. The molecule has 4 aromatic rings. The molecule has 370 valence electrons. The number of aliphatic hydroxyl groups is 3. The van der Waals surface area contributed by atoms with Crippen molar-refractivity contribution in [3.05, 3.63) is 110 Å². The first kappa shape index (κ1) is 47.5. The molecular formula is C51H62N10O9. The summed E-state index contributed by atoms with van der Waals surface area (Å²) in [4.78, 5) is 55.0. The molecular weight excluding hydrogens is 897 g/mol. The number of rotatable bonds is 12. The van der Waals surface area contributed by atoms with E-state index in [4.69, 9.17) is 15.0 Å². The van der Waals surface area contributed by atoms with Gasteiger partial charge in [0.05, 0.1) is 30.8 Å². The number of nitro benzene ring substituents is 1. The van der Waals surface area contributed by atoms with Crippen LogP contribution >= 0.6 is 0 Å². The minimum Gasteiger partial charge on any atom is -0.496 e. The third kappa shape index (κ3) is 6.69. The van der Waals surface area contributed by atoms with Crippen LogP contribution in [0.5, 0.6) is 5.75 Å². The van der Waals surface area contributed by atoms with Crippen molar-refractivity contribution in [3.63, 3.8) is 0 Å². The molecule has 2 unspecified atom stereocenters. The van der Waals surface area contributed by atoms with E-state index in [1.165, 1.54) is 19.2 Å². The van der Waals surface area contributed by atoms with Gasteiger partial charge in [0.15, 0.2) is 5.60 Å². The molecule has 3 aromatic carbocycles. The van der Waals surface area contributed by atoms with Crippen LogP contribution in [0, 0.1) is 21.4 Å². The van der Waals surface area contributed by atoms with E-state index in [1.807, 2.05) is 62.2 Å². The van der Waals surface area contributed by atoms with Crippen LogP contribution in [0.1, 0.15) is 68.3 Å². The molecule has 6 heterocycles. The van der Waals surface area contributed by atoms with Crippen LogP contribution in [-0.4, -0.2) is 143 Å². The van der Waals surface area contributed by atoms with E-state index in [-0.39, 0.29) is 48.5 Å². The lowest BCUT2D eigenvalue weighted by Gasteiger charge is -2.63. The van der Waals surface area contributed by atoms with E-state index in [2.05, 4.69) is 47.6 Å². The standard InChI is InChI=1S/C51H62N10O9/c1-6-47(65)26-30-27-50(46(64)70-5,41-33(15-21-59(28-30)29-47)32-11-8-9-12-36(32)55-41)35-24-34-38(25-40(35)69-4)58(3)43-49(34)17-22-60-20-10-16-48(7-2,42(49)60)44(62)51(43,66)45(63)54-19-18-53-37-14-13-31(56-57-52)23-39(37)61(67)68/h8-14,16,23-25,30,42-44,53,55,62,65-66H,6-7,15,17-22,26-29H2,1-5H3,(H,54,63)/t30?,42-,43+,44+,47-,48+,49+,50-,51-/m0/s1. The first-order valence-corrected chi connectivity index (χ1v) is 24.4. The Balaban J connectivity index is 1.13. The van der Waals surface area contributed by atoms with Crippen LogP contribution < -0.4 is 20.3 Å². The molecule has 2 saturated heterocycles. The predicted octanol–water partition coefficient (Wildman–Crippen LogP) is 5.33. The number of benzene rings is 3. The van der Waals surface area contributed by atoms with Crippen molar-refractivity contribution < 1.29 is 39.3 Å². The van der Waals surface area contributed by atoms with Crippen molar-refractivity contribution >= 4 is 45.5 Å². The molecule has 1 saturated carbocycles. The average Bonchev–Trinajstić information content (AvgIpc) is 4.02. The van der Waals surface area contributed by atoms with Crippen molar-refractivity contribution in [2.24, 2.45) is 16.4 Å². The molecule has 1 amide bonds. The van der Waals surface area contributed by atoms with Gasteiger partial charge in [0.25, 0.3) is 11.6 Å². The van der Waals surface area contributed by atoms with E-state index >= 15 is 9.59 Å². The number of hydrogen-bond acceptors (Lipinski definition) is 14. The number of aromatic amines is 1. The Morgan fingerprint density at radius 1 is 1.04 bits per heavy atom. The maximum Gasteiger partial charge on any atom is 0.322 e. The molecule has 19 nitrogen and oxygen atoms in total. The van der Waals surface area contributed by atoms with Gasteiger partial charge in [0.1, 0.15) is 23.0 Å². The van der Waals surface area contributed by atoms with Crippen LogP contribution in [0.3, 0.4) is 0 Å². The van der Waals surface area contributed by atoms with Crippen LogP contribution in [0.25, 0.3) is 21.3 Å². The second kappa shape index (κ2) is 17.3. The van der Waals surface area contributed by atoms with Crippen molar-refractivity contribution in [1.29, 1.82) is 0 Å². The zero-order valence-corrected chi connectivity index (χ0v) is 40.3. The summed E-state index contributed by atoms with van der Waals surface area (Å²) < 4.78 is 12.4. The summed E-state index contributed by atoms with van der Waals surface area (Å²) in [6.07, 6.45) is 5.24. The van der Waals surface area contributed by atoms with Crippen molar-refractivity contribution in [2.45, 2.75) is 92.6 Å². The van der Waals surface area contributed by atoms with E-state index in [9.17, 15) is 25.4 Å². The summed E-state index contributed by atoms with van der Waals surface area (Å²) >= 11 is 0. The number of piperidine rings is 1. The number of anilines is 2. The summed E-state index contributed by atoms with van der Waals surface area (Å²) in [6.45, 7) is 6.99. The van der Waals surface area contributed by atoms with Crippen molar-refractivity contribution in [3.8, 4) is 5.75 Å². The number of nitrogens with one attached hydrogen (secondary N) is 3. The molecule has 70 heavy (non-hydrogen) atoms. The summed E-state index contributed by atoms with van der Waals surface area (Å²) in [5.74, 6) is -1.01. The zero-order chi connectivity index (χ0) is 49.5. The van der Waals surface area contributed by atoms with Crippen LogP contribution in [0.15, 0.2) is 71.9 Å². The van der Waals surface area contributed by atoms with Crippen LogP contribution in [0.2, 0.25) is 0 Å². The van der Waals surface area contributed by atoms with E-state index in [0.717, 1.165) is 28.1 Å². The second-order valence-electron chi connectivity index (χ2n) is 20.5. The Morgan fingerprint density at radius 2 is 1.84 bits per heavy atom. The number of nitro groups is 1. The summed E-state index contributed by atoms with van der Waals surface area (Å²) in [7, 11) is 4.82. The molecule has 3 fully saturated rings. The number of fused-ring (bicyclic) bond motifs is 6. The number of carbonyl (C=O) groups is 2. The van der Waals surface area contributed by atoms with Crippen LogP contribution in [0.4, 0.5) is 22.7 Å². The Bertz CT molecular complexity index is 2870. The van der Waals surface area contributed by atoms with E-state index in [1.54, 1.807) is 7.11 Å². The number of methoxy groups -OCH3 is 2. The molecule has 10 rings (SSSR count). The summed E-state index contributed by atoms with van der Waals surface area (Å²) in [5.41, 5.74) is 6.45. The predicted molar refractivity (Wildman–Crippen MR) is 262 cm³/mol. The van der Waals surface area contributed by atoms with Gasteiger partial charge in [-0.15, -0.1) is 0 Å². The number of hydrogen-bond donors (Lipinski definition) is 6. The smallest absolute Gasteiger partial charge is 0.322 e. The fourth-order valence-electron chi connectivity index (χ4n) is 14.5. The molecule has 10 atom stereocenters. The quantitative estimate of drug-likeness (QED) is 0.0154. The lowest BCUT2D eigenvalue weighted by Crippen LogP contribution is -2.81. The molecule has 5 aliphatic heterocycles. The number of aliphatic hydroxyl groups excluding tert-OH is 1. The number of H-pyrrole nitrogens is 1. The number of para-hydroxylation sites is 1. The Hall–Kier alpha value is -6.21. The third-order valence-electron chi connectivity index (χ3n) is 17.3. The van der Waals surface area contributed by atoms with Gasteiger partial charge in [-0.25, -0.2) is 0 Å². The first-order valence-electron chi connectivity index (χ1n) is 24.4. The number of nitrogens with zero attached hydrogens (tertiary/aromatic N) is 7. The molecule has 1 spiro atoms. The summed E-state index contributed by atoms with van der Waals surface area (Å²) in [6, 6.07) is 14.7. The van der Waals surface area contributed by atoms with Gasteiger partial charge in [-0.2, -0.15) is 0 Å². The van der Waals surface area contributed by atoms with E-state index < -0.39 is 56.4 Å². The van der Waals surface area contributed by atoms with Crippen molar-refractivity contribution in [1.82, 2.24) is 20.1 Å². The highest BCUT2D eigenvalue weighted by atomic mass is 16.6. The number of carbonyl (C=O) groups excluding carboxylic acids is 2. The highest BCUT2D eigenvalue weighted by Gasteiger charge is 2.78. The number of esters is 1. The Kier molecular flexibility index (Phi) is 11.7. The van der Waals surface area contributed by atoms with Crippen LogP contribution in [-0.2, 0) is 31.6 Å². The fourth-order valence-corrected chi connectivity index (χ4v) is 14.5. The number of amides is 1. The Morgan fingerprint density at radius 3 is 2.57 bits per heavy atom. The highest BCUT2D eigenvalue weighted by molar-refractivity contribution is 5.95. The highest BCUT2D eigenvalue weighted by Crippen LogP contribution is 2.67. The van der Waals surface area contributed by atoms with Gasteiger partial charge in [0.2, 0.25) is 0 Å². The first-order chi connectivity index (χ1) is 33.6. The van der Waals surface area contributed by atoms with Crippen molar-refractivity contribution in [2.75, 3.05) is 77.3 Å². The van der Waals surface area contributed by atoms with Gasteiger partial charge >= 0.3 is 5.97 Å². The normalized spacial score (nSPS) is 32.8. The number of aromatic nitrogens is 1. The number of ether oxygens (including phenoxy) is 2. The molecule has 1 aromatic heterocycles. The average molecular weight is 959 g/mol. The maximum atomic E-state index is 15.5. The third-order valence-corrected chi connectivity index (χ3v) is 17.3. The minimum atomic E-state index is -2.42. The largest absolute Gasteiger partial charge is 0.496 e. The van der Waals surface area contributed by atoms with Gasteiger partial charge in [-0.1, -0.05) is 55.4 Å². The van der Waals surface area contributed by atoms with Gasteiger partial charge in [0, 0.05) is 114 Å². The second-order valence-corrected chi connectivity index (χ2v) is 20.5. The molecule has 6 N–H and O–H groups in total. The number of azide groups is 1. The molecule has 0 radical (unpaired) electrons. The fraction of sp³-hybridized carbons (Fsp3) is 0.529. The molecule has 6 aliphatic rings. The molecule has 19 heteroatoms. The van der Waals surface area contributed by atoms with E-state index in [0.29, 0.717) is 87.5 Å². The SMILES string of the molecule is CC[C@]1(O)CC2CN(CCc3c([nH]c4ccccc34)[C@@](C(=O)OC)(c3cc4c(cc3OC)N(C)[C@H]3[C@@](O)(C(=O)NCCNc5ccc(N=[N+]=[N-])cc5[N+](=O)[O-])[C@H](O)[C@]5(CC)C=CCN6CC[C@]43[C@@H]65)C2)C1. The van der Waals surface area contributed by atoms with Gasteiger partial charge in [-0.05, 0) is 85.8 Å². The lowest BCUT2D eigenvalue weighted by molar-refractivity contribution is -0.383. The lowest BCUT2D eigenvalue weighted by atomic mass is 9.47. The maximum absolute atomic E-state index is 15.5. The molecule has 2 bridgehead atoms. The summed E-state index contributed by atoms with van der Waals surface area (Å²) in [5, 5.41) is 60.8. The van der Waals surface area contributed by atoms with Gasteiger partial charge in [-0.3, -0.25) is 29.5 Å². The molecule has 1 aliphatic carbocycles. The zero-order valence-electron chi connectivity index (χ0n) is 40.3. The monoisotopic (exact) mass is 958 g/mol. The Labute approximate surface area is 405 Å². The topological polar surface area (TPSA) is 255 Å². The number of likely N-dealkylation sites (N-methyl/N-ethyl adjacent to an activating group) is 1.